The molecule has 6 heteroatoms. The number of benzene rings is 2. The molecule has 0 radical (unpaired) electrons. The first-order chi connectivity index (χ1) is 9.29. The Hall–Kier alpha value is -0.850. The van der Waals surface area contributed by atoms with E-state index in [9.17, 15) is 8.42 Å². The maximum atomic E-state index is 12.4. The number of anilines is 1. The van der Waals surface area contributed by atoms with E-state index in [-0.39, 0.29) is 4.90 Å². The van der Waals surface area contributed by atoms with Crippen LogP contribution < -0.4 is 4.72 Å². The molecule has 2 aromatic rings. The van der Waals surface area contributed by atoms with Crippen molar-refractivity contribution in [3.63, 3.8) is 0 Å². The molecule has 106 valence electrons. The Bertz CT molecular complexity index is 758. The summed E-state index contributed by atoms with van der Waals surface area (Å²) in [6.45, 7) is 3.82. The first kappa shape index (κ1) is 15.5. The van der Waals surface area contributed by atoms with E-state index in [1.54, 1.807) is 30.3 Å². The van der Waals surface area contributed by atoms with E-state index in [0.29, 0.717) is 10.2 Å². The van der Waals surface area contributed by atoms with E-state index in [1.165, 1.54) is 0 Å². The van der Waals surface area contributed by atoms with Gasteiger partial charge in [0.1, 0.15) is 4.90 Å². The maximum absolute atomic E-state index is 12.4. The van der Waals surface area contributed by atoms with Crippen LogP contribution in [0.1, 0.15) is 11.1 Å². The number of hydrogen-bond acceptors (Lipinski definition) is 2. The first-order valence-corrected chi connectivity index (χ1v) is 8.91. The number of aryl methyl sites for hydroxylation is 2. The van der Waals surface area contributed by atoms with Crippen LogP contribution in [0.25, 0.3) is 0 Å². The van der Waals surface area contributed by atoms with Gasteiger partial charge in [0.15, 0.2) is 0 Å². The van der Waals surface area contributed by atoms with Crippen molar-refractivity contribution in [1.82, 2.24) is 0 Å². The lowest BCUT2D eigenvalue weighted by Gasteiger charge is -2.11. The number of halogens is 2. The molecule has 0 unspecified atom stereocenters. The molecule has 0 saturated heterocycles. The van der Waals surface area contributed by atoms with Crippen LogP contribution in [0.3, 0.4) is 0 Å². The highest BCUT2D eigenvalue weighted by atomic mass is 79.9. The van der Waals surface area contributed by atoms with Crippen molar-refractivity contribution in [2.24, 2.45) is 0 Å². The third-order valence-electron chi connectivity index (χ3n) is 2.79. The van der Waals surface area contributed by atoms with E-state index in [1.807, 2.05) is 19.9 Å². The minimum atomic E-state index is -3.60. The summed E-state index contributed by atoms with van der Waals surface area (Å²) in [5, 5.41) is 0. The van der Waals surface area contributed by atoms with Gasteiger partial charge in [-0.2, -0.15) is 0 Å². The Labute approximate surface area is 135 Å². The molecule has 0 aliphatic rings. The first-order valence-electron chi connectivity index (χ1n) is 5.85. The van der Waals surface area contributed by atoms with Crippen LogP contribution in [0.15, 0.2) is 50.2 Å². The molecule has 0 aliphatic carbocycles. The quantitative estimate of drug-likeness (QED) is 0.789. The summed E-state index contributed by atoms with van der Waals surface area (Å²) in [6.07, 6.45) is 0. The topological polar surface area (TPSA) is 46.2 Å². The van der Waals surface area contributed by atoms with Crippen LogP contribution in [-0.4, -0.2) is 8.42 Å². The summed E-state index contributed by atoms with van der Waals surface area (Å²) in [5.41, 5.74) is 2.50. The number of rotatable bonds is 3. The lowest BCUT2D eigenvalue weighted by Crippen LogP contribution is -2.13. The summed E-state index contributed by atoms with van der Waals surface area (Å²) >= 11 is 6.68. The predicted octanol–water partition coefficient (Wildman–Crippen LogP) is 4.63. The van der Waals surface area contributed by atoms with Crippen LogP contribution >= 0.6 is 31.9 Å². The fourth-order valence-corrected chi connectivity index (χ4v) is 4.23. The van der Waals surface area contributed by atoms with Crippen molar-refractivity contribution >= 4 is 47.6 Å². The van der Waals surface area contributed by atoms with E-state index in [4.69, 9.17) is 0 Å². The van der Waals surface area contributed by atoms with E-state index >= 15 is 0 Å². The monoisotopic (exact) mass is 417 g/mol. The second kappa shape index (κ2) is 5.87. The van der Waals surface area contributed by atoms with Crippen molar-refractivity contribution in [3.8, 4) is 0 Å². The number of nitrogens with one attached hydrogen (secondary N) is 1. The standard InChI is InChI=1S/C14H13Br2NO2S/c1-9-3-6-14(13(16)7-9)20(18,19)17-11-4-5-12(15)10(2)8-11/h3-8,17H,1-2H3. The molecule has 2 aromatic carbocycles. The Kier molecular flexibility index (Phi) is 4.56. The molecule has 3 nitrogen and oxygen atoms in total. The summed E-state index contributed by atoms with van der Waals surface area (Å²) in [6, 6.07) is 10.5. The van der Waals surface area contributed by atoms with Gasteiger partial charge in [-0.1, -0.05) is 22.0 Å². The molecule has 0 aromatic heterocycles. The molecule has 0 spiro atoms. The maximum Gasteiger partial charge on any atom is 0.263 e. The Morgan fingerprint density at radius 2 is 1.65 bits per heavy atom. The van der Waals surface area contributed by atoms with E-state index < -0.39 is 10.0 Å². The molecule has 0 saturated carbocycles. The minimum Gasteiger partial charge on any atom is -0.280 e. The molecule has 0 atom stereocenters. The lowest BCUT2D eigenvalue weighted by atomic mass is 10.2. The van der Waals surface area contributed by atoms with Gasteiger partial charge in [-0.25, -0.2) is 8.42 Å². The largest absolute Gasteiger partial charge is 0.280 e. The van der Waals surface area contributed by atoms with Gasteiger partial charge in [-0.15, -0.1) is 0 Å². The van der Waals surface area contributed by atoms with Crippen LogP contribution in [0.5, 0.6) is 0 Å². The third-order valence-corrected chi connectivity index (χ3v) is 6.03. The van der Waals surface area contributed by atoms with Crippen LogP contribution in [0, 0.1) is 13.8 Å². The minimum absolute atomic E-state index is 0.226. The molecular weight excluding hydrogens is 406 g/mol. The second-order valence-corrected chi connectivity index (χ2v) is 7.86. The normalized spacial score (nSPS) is 11.4. The Morgan fingerprint density at radius 1 is 0.950 bits per heavy atom. The van der Waals surface area contributed by atoms with E-state index in [0.717, 1.165) is 15.6 Å². The molecule has 0 amide bonds. The van der Waals surface area contributed by atoms with Gasteiger partial charge in [0, 0.05) is 14.6 Å². The molecule has 0 aliphatic heterocycles. The van der Waals surface area contributed by atoms with E-state index in [2.05, 4.69) is 36.6 Å². The molecular formula is C14H13Br2NO2S. The van der Waals surface area contributed by atoms with Crippen LogP contribution in [-0.2, 0) is 10.0 Å². The Morgan fingerprint density at radius 3 is 2.25 bits per heavy atom. The van der Waals surface area contributed by atoms with Gasteiger partial charge < -0.3 is 0 Å². The SMILES string of the molecule is Cc1ccc(S(=O)(=O)Nc2ccc(Br)c(C)c2)c(Br)c1. The summed E-state index contributed by atoms with van der Waals surface area (Å²) in [5.74, 6) is 0. The summed E-state index contributed by atoms with van der Waals surface area (Å²) in [4.78, 5) is 0.226. The Balaban J connectivity index is 2.38. The van der Waals surface area contributed by atoms with Crippen molar-refractivity contribution in [1.29, 1.82) is 0 Å². The highest BCUT2D eigenvalue weighted by molar-refractivity contribution is 9.10. The fraction of sp³-hybridized carbons (Fsp3) is 0.143. The summed E-state index contributed by atoms with van der Waals surface area (Å²) in [7, 11) is -3.60. The molecule has 0 fully saturated rings. The van der Waals surface area contributed by atoms with Crippen LogP contribution in [0.4, 0.5) is 5.69 Å². The number of sulfonamides is 1. The van der Waals surface area contributed by atoms with Gasteiger partial charge >= 0.3 is 0 Å². The highest BCUT2D eigenvalue weighted by Crippen LogP contribution is 2.26. The summed E-state index contributed by atoms with van der Waals surface area (Å²) < 4.78 is 28.8. The highest BCUT2D eigenvalue weighted by Gasteiger charge is 2.17. The van der Waals surface area contributed by atoms with Crippen molar-refractivity contribution in [2.45, 2.75) is 18.7 Å². The van der Waals surface area contributed by atoms with Crippen LogP contribution in [0.2, 0.25) is 0 Å². The average molecular weight is 419 g/mol. The smallest absolute Gasteiger partial charge is 0.263 e. The van der Waals surface area contributed by atoms with Gasteiger partial charge in [-0.05, 0) is 71.2 Å². The van der Waals surface area contributed by atoms with Gasteiger partial charge in [0.25, 0.3) is 10.0 Å². The van der Waals surface area contributed by atoms with Crippen molar-refractivity contribution in [2.75, 3.05) is 4.72 Å². The molecule has 2 rings (SSSR count). The van der Waals surface area contributed by atoms with Gasteiger partial charge in [0.2, 0.25) is 0 Å². The average Bonchev–Trinajstić information content (AvgIpc) is 2.33. The molecule has 1 N–H and O–H groups in total. The second-order valence-electron chi connectivity index (χ2n) is 4.50. The van der Waals surface area contributed by atoms with Gasteiger partial charge in [0.05, 0.1) is 0 Å². The zero-order chi connectivity index (χ0) is 14.9. The molecule has 0 bridgehead atoms. The molecule has 0 heterocycles. The zero-order valence-electron chi connectivity index (χ0n) is 10.9. The fourth-order valence-electron chi connectivity index (χ4n) is 1.74. The van der Waals surface area contributed by atoms with Crippen molar-refractivity contribution in [3.05, 3.63) is 56.5 Å². The molecule has 20 heavy (non-hydrogen) atoms. The van der Waals surface area contributed by atoms with Gasteiger partial charge in [-0.3, -0.25) is 4.72 Å². The lowest BCUT2D eigenvalue weighted by molar-refractivity contribution is 0.600. The van der Waals surface area contributed by atoms with Crippen molar-refractivity contribution < 1.29 is 8.42 Å². The predicted molar refractivity (Wildman–Crippen MR) is 88.6 cm³/mol. The zero-order valence-corrected chi connectivity index (χ0v) is 14.9. The third kappa shape index (κ3) is 3.42. The number of hydrogen-bond donors (Lipinski definition) is 1.